The van der Waals surface area contributed by atoms with Crippen molar-refractivity contribution in [1.82, 2.24) is 0 Å². The summed E-state index contributed by atoms with van der Waals surface area (Å²) in [5, 5.41) is 50.6. The highest BCUT2D eigenvalue weighted by Crippen LogP contribution is 2.36. The highest BCUT2D eigenvalue weighted by atomic mass is 16.7. The van der Waals surface area contributed by atoms with Crippen molar-refractivity contribution >= 4 is 21.7 Å². The summed E-state index contributed by atoms with van der Waals surface area (Å²) in [6, 6.07) is 5.93. The lowest BCUT2D eigenvalue weighted by atomic mass is 9.99. The van der Waals surface area contributed by atoms with Gasteiger partial charge in [0, 0.05) is 22.9 Å². The van der Waals surface area contributed by atoms with Gasteiger partial charge in [-0.25, -0.2) is 4.79 Å². The maximum atomic E-state index is 12.5. The Labute approximate surface area is 175 Å². The van der Waals surface area contributed by atoms with Crippen LogP contribution in [0.1, 0.15) is 5.56 Å². The van der Waals surface area contributed by atoms with Gasteiger partial charge >= 0.3 is 5.63 Å². The van der Waals surface area contributed by atoms with E-state index in [0.29, 0.717) is 22.1 Å². The van der Waals surface area contributed by atoms with Crippen molar-refractivity contribution in [3.05, 3.63) is 40.2 Å². The van der Waals surface area contributed by atoms with Crippen molar-refractivity contribution in [1.29, 1.82) is 0 Å². The number of aliphatic hydroxyl groups excluding tert-OH is 4. The van der Waals surface area contributed by atoms with Gasteiger partial charge in [0.15, 0.2) is 0 Å². The van der Waals surface area contributed by atoms with Crippen molar-refractivity contribution in [2.45, 2.75) is 37.6 Å². The Kier molecular flexibility index (Phi) is 5.50. The normalized spacial score (nSPS) is 26.3. The number of aromatic hydroxyl groups is 1. The van der Waals surface area contributed by atoms with E-state index in [-0.39, 0.29) is 22.5 Å². The minimum absolute atomic E-state index is 0.0130. The van der Waals surface area contributed by atoms with Gasteiger partial charge in [-0.15, -0.1) is 0 Å². The van der Waals surface area contributed by atoms with Gasteiger partial charge < -0.3 is 44.2 Å². The Morgan fingerprint density at radius 3 is 2.42 bits per heavy atom. The van der Waals surface area contributed by atoms with E-state index < -0.39 is 42.9 Å². The van der Waals surface area contributed by atoms with Crippen LogP contribution < -0.4 is 15.1 Å². The molecule has 10 nitrogen and oxygen atoms in total. The topological polar surface area (TPSA) is 159 Å². The zero-order chi connectivity index (χ0) is 22.4. The molecule has 5 atom stereocenters. The second kappa shape index (κ2) is 7.98. The molecular weight excluding hydrogens is 412 g/mol. The number of rotatable bonds is 4. The summed E-state index contributed by atoms with van der Waals surface area (Å²) < 4.78 is 21.5. The number of aryl methyl sites for hydroxylation is 1. The molecule has 4 unspecified atom stereocenters. The third-order valence-electron chi connectivity index (χ3n) is 5.38. The molecule has 1 aliphatic rings. The largest absolute Gasteiger partial charge is 0.507 e. The molecule has 1 fully saturated rings. The molecule has 166 valence electrons. The maximum Gasteiger partial charge on any atom is 0.347 e. The second-order valence-electron chi connectivity index (χ2n) is 7.39. The number of ether oxygens (including phenoxy) is 3. The van der Waals surface area contributed by atoms with E-state index in [1.165, 1.54) is 19.2 Å². The Hall–Kier alpha value is -2.89. The summed E-state index contributed by atoms with van der Waals surface area (Å²) in [7, 11) is 1.44. The van der Waals surface area contributed by atoms with E-state index in [9.17, 15) is 30.3 Å². The highest BCUT2D eigenvalue weighted by molar-refractivity contribution is 6.08. The van der Waals surface area contributed by atoms with Crippen LogP contribution in [-0.2, 0) is 4.74 Å². The molecule has 0 spiro atoms. The van der Waals surface area contributed by atoms with Gasteiger partial charge in [-0.05, 0) is 24.6 Å². The van der Waals surface area contributed by atoms with Crippen molar-refractivity contribution in [2.24, 2.45) is 0 Å². The molecule has 1 aromatic heterocycles. The predicted octanol–water partition coefficient (Wildman–Crippen LogP) is 0.148. The lowest BCUT2D eigenvalue weighted by Gasteiger charge is -2.39. The Balaban J connectivity index is 1.79. The van der Waals surface area contributed by atoms with Gasteiger partial charge in [0.05, 0.1) is 13.7 Å². The van der Waals surface area contributed by atoms with Gasteiger partial charge in [-0.2, -0.15) is 0 Å². The SMILES string of the molecule is COc1cc(O)c2c(=O)oc3cc(O[C@@H]4OC(CO)C(O)C(O)C4O)cc(C)c3c2c1. The molecule has 2 heterocycles. The lowest BCUT2D eigenvalue weighted by molar-refractivity contribution is -0.277. The highest BCUT2D eigenvalue weighted by Gasteiger charge is 2.44. The summed E-state index contributed by atoms with van der Waals surface area (Å²) in [6.45, 7) is 1.15. The minimum atomic E-state index is -1.59. The molecule has 31 heavy (non-hydrogen) atoms. The zero-order valence-electron chi connectivity index (χ0n) is 16.7. The van der Waals surface area contributed by atoms with Gasteiger partial charge in [0.2, 0.25) is 6.29 Å². The van der Waals surface area contributed by atoms with Crippen molar-refractivity contribution in [3.8, 4) is 17.2 Å². The number of fused-ring (bicyclic) bond motifs is 3. The average molecular weight is 434 g/mol. The number of hydrogen-bond donors (Lipinski definition) is 5. The number of phenols is 1. The van der Waals surface area contributed by atoms with E-state index in [0.717, 1.165) is 0 Å². The fourth-order valence-corrected chi connectivity index (χ4v) is 3.80. The summed E-state index contributed by atoms with van der Waals surface area (Å²) in [6.07, 6.45) is -7.19. The summed E-state index contributed by atoms with van der Waals surface area (Å²) in [5.74, 6) is 0.243. The molecule has 0 amide bonds. The predicted molar refractivity (Wildman–Crippen MR) is 107 cm³/mol. The first-order valence-corrected chi connectivity index (χ1v) is 9.50. The van der Waals surface area contributed by atoms with Crippen LogP contribution in [0.2, 0.25) is 0 Å². The van der Waals surface area contributed by atoms with Crippen LogP contribution in [0.25, 0.3) is 21.7 Å². The number of aliphatic hydroxyl groups is 4. The molecule has 3 aromatic rings. The number of benzene rings is 2. The molecule has 0 bridgehead atoms. The Morgan fingerprint density at radius 2 is 1.74 bits per heavy atom. The zero-order valence-corrected chi connectivity index (χ0v) is 16.7. The molecule has 2 aromatic carbocycles. The summed E-state index contributed by atoms with van der Waals surface area (Å²) >= 11 is 0. The molecule has 0 radical (unpaired) electrons. The fraction of sp³-hybridized carbons (Fsp3) is 0.381. The van der Waals surface area contributed by atoms with Crippen molar-refractivity contribution in [3.63, 3.8) is 0 Å². The van der Waals surface area contributed by atoms with Gasteiger partial charge in [0.25, 0.3) is 0 Å². The Bertz CT molecular complexity index is 1180. The number of methoxy groups -OCH3 is 1. The third kappa shape index (κ3) is 3.58. The van der Waals surface area contributed by atoms with E-state index >= 15 is 0 Å². The maximum absolute atomic E-state index is 12.5. The standard InChI is InChI=1S/C21H22O10/c1-8-3-10(29-21-19(26)18(25)17(24)14(7-22)31-21)6-13-15(8)11-4-9(28-2)5-12(23)16(11)20(27)30-13/h3-6,14,17-19,21-26H,7H2,1-2H3/t14?,17?,18?,19?,21-/m1/s1. The van der Waals surface area contributed by atoms with E-state index in [2.05, 4.69) is 0 Å². The van der Waals surface area contributed by atoms with Crippen LogP contribution in [0.4, 0.5) is 0 Å². The number of phenolic OH excluding ortho intramolecular Hbond substituents is 1. The van der Waals surface area contributed by atoms with E-state index in [4.69, 9.17) is 18.6 Å². The molecule has 0 aliphatic carbocycles. The molecule has 5 N–H and O–H groups in total. The average Bonchev–Trinajstić information content (AvgIpc) is 2.73. The van der Waals surface area contributed by atoms with Crippen LogP contribution in [0.3, 0.4) is 0 Å². The molecular formula is C21H22O10. The quantitative estimate of drug-likeness (QED) is 0.282. The van der Waals surface area contributed by atoms with Crippen LogP contribution in [0, 0.1) is 6.92 Å². The lowest BCUT2D eigenvalue weighted by Crippen LogP contribution is -2.60. The summed E-state index contributed by atoms with van der Waals surface area (Å²) in [5.41, 5.74) is 0.0234. The molecule has 0 saturated carbocycles. The van der Waals surface area contributed by atoms with Crippen LogP contribution in [0.15, 0.2) is 33.5 Å². The summed E-state index contributed by atoms with van der Waals surface area (Å²) in [4.78, 5) is 12.5. The smallest absolute Gasteiger partial charge is 0.347 e. The second-order valence-corrected chi connectivity index (χ2v) is 7.39. The van der Waals surface area contributed by atoms with Crippen molar-refractivity contribution in [2.75, 3.05) is 13.7 Å². The molecule has 1 saturated heterocycles. The van der Waals surface area contributed by atoms with Crippen LogP contribution in [-0.4, -0.2) is 70.0 Å². The van der Waals surface area contributed by atoms with Gasteiger partial charge in [0.1, 0.15) is 52.6 Å². The Morgan fingerprint density at radius 1 is 1.00 bits per heavy atom. The third-order valence-corrected chi connectivity index (χ3v) is 5.38. The van der Waals surface area contributed by atoms with E-state index in [1.54, 1.807) is 19.1 Å². The van der Waals surface area contributed by atoms with E-state index in [1.807, 2.05) is 0 Å². The van der Waals surface area contributed by atoms with Gasteiger partial charge in [-0.1, -0.05) is 0 Å². The molecule has 1 aliphatic heterocycles. The van der Waals surface area contributed by atoms with Crippen LogP contribution in [0.5, 0.6) is 17.2 Å². The van der Waals surface area contributed by atoms with Crippen molar-refractivity contribution < 1.29 is 44.2 Å². The molecule has 10 heteroatoms. The first-order chi connectivity index (χ1) is 14.7. The minimum Gasteiger partial charge on any atom is -0.507 e. The number of hydrogen-bond acceptors (Lipinski definition) is 10. The molecule has 4 rings (SSSR count). The van der Waals surface area contributed by atoms with Crippen LogP contribution >= 0.6 is 0 Å². The monoisotopic (exact) mass is 434 g/mol. The fourth-order valence-electron chi connectivity index (χ4n) is 3.80. The first kappa shape index (κ1) is 21.3. The first-order valence-electron chi connectivity index (χ1n) is 9.50. The van der Waals surface area contributed by atoms with Gasteiger partial charge in [-0.3, -0.25) is 0 Å².